The van der Waals surface area contributed by atoms with Crippen LogP contribution in [-0.2, 0) is 4.79 Å². The van der Waals surface area contributed by atoms with Crippen LogP contribution in [0.4, 0.5) is 0 Å². The summed E-state index contributed by atoms with van der Waals surface area (Å²) in [4.78, 5) is 25.2. The Labute approximate surface area is 151 Å². The normalized spacial score (nSPS) is 20.5. The third-order valence-corrected chi connectivity index (χ3v) is 5.97. The Morgan fingerprint density at radius 3 is 2.60 bits per heavy atom. The van der Waals surface area contributed by atoms with Crippen molar-refractivity contribution in [3.8, 4) is 0 Å². The quantitative estimate of drug-likeness (QED) is 0.678. The van der Waals surface area contributed by atoms with E-state index in [1.165, 1.54) is 11.3 Å². The molecule has 1 amide bonds. The van der Waals surface area contributed by atoms with Crippen LogP contribution in [0.15, 0.2) is 0 Å². The lowest BCUT2D eigenvalue weighted by Gasteiger charge is -2.31. The second-order valence-corrected chi connectivity index (χ2v) is 7.71. The monoisotopic (exact) mass is 367 g/mol. The zero-order valence-corrected chi connectivity index (χ0v) is 15.1. The fraction of sp³-hybridized carbons (Fsp3) is 0.750. The molecule has 0 atom stereocenters. The van der Waals surface area contributed by atoms with Gasteiger partial charge in [-0.15, -0.1) is 10.2 Å². The first kappa shape index (κ1) is 18.2. The molecule has 3 rings (SSSR count). The summed E-state index contributed by atoms with van der Waals surface area (Å²) >= 11 is 1.41. The number of carboxylic acids is 1. The molecule has 2 saturated heterocycles. The molecular formula is C16H25N5O3S. The van der Waals surface area contributed by atoms with Gasteiger partial charge in [0.25, 0.3) is 5.91 Å². The molecule has 2 aliphatic heterocycles. The van der Waals surface area contributed by atoms with E-state index in [0.717, 1.165) is 56.9 Å². The Bertz CT molecular complexity index is 594. The molecule has 0 unspecified atom stereocenters. The Kier molecular flexibility index (Phi) is 6.33. The molecule has 0 saturated carbocycles. The van der Waals surface area contributed by atoms with Crippen LogP contribution in [0.5, 0.6) is 0 Å². The fourth-order valence-electron chi connectivity index (χ4n) is 3.36. The van der Waals surface area contributed by atoms with Crippen LogP contribution < -0.4 is 10.6 Å². The van der Waals surface area contributed by atoms with Gasteiger partial charge in [-0.1, -0.05) is 11.3 Å². The molecule has 0 aromatic carbocycles. The van der Waals surface area contributed by atoms with E-state index in [4.69, 9.17) is 5.11 Å². The van der Waals surface area contributed by atoms with Crippen molar-refractivity contribution in [3.63, 3.8) is 0 Å². The lowest BCUT2D eigenvalue weighted by atomic mass is 9.99. The SMILES string of the molecule is O=C(O)CCN1CCC(NC(=O)c2nnc(C3CCNCC3)s2)CC1. The van der Waals surface area contributed by atoms with Crippen LogP contribution in [0, 0.1) is 0 Å². The number of piperidine rings is 2. The highest BCUT2D eigenvalue weighted by atomic mass is 32.1. The highest BCUT2D eigenvalue weighted by Crippen LogP contribution is 2.27. The Morgan fingerprint density at radius 1 is 1.20 bits per heavy atom. The second-order valence-electron chi connectivity index (χ2n) is 6.70. The molecule has 1 aromatic rings. The van der Waals surface area contributed by atoms with Crippen LogP contribution in [0.2, 0.25) is 0 Å². The van der Waals surface area contributed by atoms with Gasteiger partial charge in [-0.25, -0.2) is 0 Å². The molecule has 1 aromatic heterocycles. The summed E-state index contributed by atoms with van der Waals surface area (Å²) in [5.41, 5.74) is 0. The summed E-state index contributed by atoms with van der Waals surface area (Å²) in [6, 6.07) is 0.125. The molecule has 0 radical (unpaired) electrons. The van der Waals surface area contributed by atoms with Gasteiger partial charge in [-0.3, -0.25) is 9.59 Å². The number of carbonyl (C=O) groups excluding carboxylic acids is 1. The highest BCUT2D eigenvalue weighted by molar-refractivity contribution is 7.13. The molecule has 8 nitrogen and oxygen atoms in total. The van der Waals surface area contributed by atoms with Gasteiger partial charge in [-0.2, -0.15) is 0 Å². The molecule has 9 heteroatoms. The van der Waals surface area contributed by atoms with E-state index in [-0.39, 0.29) is 18.4 Å². The number of carboxylic acid groups (broad SMARTS) is 1. The van der Waals surface area contributed by atoms with Crippen molar-refractivity contribution in [1.29, 1.82) is 0 Å². The number of rotatable bonds is 6. The van der Waals surface area contributed by atoms with E-state index < -0.39 is 5.97 Å². The number of aliphatic carboxylic acids is 1. The largest absolute Gasteiger partial charge is 0.481 e. The van der Waals surface area contributed by atoms with Gasteiger partial charge in [0.05, 0.1) is 6.42 Å². The third kappa shape index (κ3) is 5.20. The predicted molar refractivity (Wildman–Crippen MR) is 93.9 cm³/mol. The first-order valence-corrected chi connectivity index (χ1v) is 9.72. The molecule has 0 bridgehead atoms. The summed E-state index contributed by atoms with van der Waals surface area (Å²) in [5, 5.41) is 24.8. The van der Waals surface area contributed by atoms with Crippen molar-refractivity contribution < 1.29 is 14.7 Å². The lowest BCUT2D eigenvalue weighted by molar-refractivity contribution is -0.137. The average molecular weight is 367 g/mol. The molecule has 2 fully saturated rings. The Hall–Kier alpha value is -1.58. The lowest BCUT2D eigenvalue weighted by Crippen LogP contribution is -2.45. The van der Waals surface area contributed by atoms with E-state index in [0.29, 0.717) is 17.5 Å². The average Bonchev–Trinajstić information content (AvgIpc) is 3.12. The number of hydrogen-bond donors (Lipinski definition) is 3. The summed E-state index contributed by atoms with van der Waals surface area (Å²) in [6.07, 6.45) is 3.94. The van der Waals surface area contributed by atoms with E-state index in [2.05, 4.69) is 25.7 Å². The molecule has 138 valence electrons. The number of hydrogen-bond acceptors (Lipinski definition) is 7. The maximum absolute atomic E-state index is 12.4. The van der Waals surface area contributed by atoms with Gasteiger partial charge in [0, 0.05) is 31.6 Å². The molecule has 3 N–H and O–H groups in total. The van der Waals surface area contributed by atoms with E-state index in [1.54, 1.807) is 0 Å². The van der Waals surface area contributed by atoms with Crippen molar-refractivity contribution >= 4 is 23.2 Å². The van der Waals surface area contributed by atoms with Crippen molar-refractivity contribution in [2.45, 2.75) is 44.1 Å². The maximum Gasteiger partial charge on any atom is 0.304 e. The van der Waals surface area contributed by atoms with E-state index in [9.17, 15) is 9.59 Å². The van der Waals surface area contributed by atoms with Gasteiger partial charge < -0.3 is 20.6 Å². The molecular weight excluding hydrogens is 342 g/mol. The topological polar surface area (TPSA) is 107 Å². The van der Waals surface area contributed by atoms with E-state index >= 15 is 0 Å². The summed E-state index contributed by atoms with van der Waals surface area (Å²) in [6.45, 7) is 4.19. The van der Waals surface area contributed by atoms with Gasteiger partial charge in [-0.05, 0) is 38.8 Å². The summed E-state index contributed by atoms with van der Waals surface area (Å²) in [7, 11) is 0. The minimum atomic E-state index is -0.767. The standard InChI is InChI=1S/C16H25N5O3S/c22-13(23)5-10-21-8-3-12(4-9-21)18-14(24)16-20-19-15(25-16)11-1-6-17-7-2-11/h11-12,17H,1-10H2,(H,18,24)(H,22,23). The first-order valence-electron chi connectivity index (χ1n) is 8.91. The maximum atomic E-state index is 12.4. The minimum absolute atomic E-state index is 0.125. The predicted octanol–water partition coefficient (Wildman–Crippen LogP) is 0.674. The van der Waals surface area contributed by atoms with Gasteiger partial charge >= 0.3 is 5.97 Å². The van der Waals surface area contributed by atoms with Crippen molar-refractivity contribution in [2.24, 2.45) is 0 Å². The number of nitrogens with zero attached hydrogens (tertiary/aromatic N) is 3. The molecule has 2 aliphatic rings. The van der Waals surface area contributed by atoms with Crippen LogP contribution in [0.25, 0.3) is 0 Å². The molecule has 0 aliphatic carbocycles. The van der Waals surface area contributed by atoms with Gasteiger partial charge in [0.15, 0.2) is 0 Å². The smallest absolute Gasteiger partial charge is 0.304 e. The number of likely N-dealkylation sites (tertiary alicyclic amines) is 1. The zero-order valence-electron chi connectivity index (χ0n) is 14.2. The van der Waals surface area contributed by atoms with Crippen LogP contribution in [0.3, 0.4) is 0 Å². The number of aromatic nitrogens is 2. The Balaban J connectivity index is 1.45. The summed E-state index contributed by atoms with van der Waals surface area (Å²) < 4.78 is 0. The van der Waals surface area contributed by atoms with Crippen molar-refractivity contribution in [2.75, 3.05) is 32.7 Å². The Morgan fingerprint density at radius 2 is 1.92 bits per heavy atom. The fourth-order valence-corrected chi connectivity index (χ4v) is 4.28. The van der Waals surface area contributed by atoms with Crippen LogP contribution >= 0.6 is 11.3 Å². The summed E-state index contributed by atoms with van der Waals surface area (Å²) in [5.74, 6) is -0.490. The molecule has 0 spiro atoms. The van der Waals surface area contributed by atoms with Crippen LogP contribution in [-0.4, -0.2) is 70.8 Å². The molecule has 3 heterocycles. The number of carbonyl (C=O) groups is 2. The van der Waals surface area contributed by atoms with Crippen LogP contribution in [0.1, 0.15) is 52.8 Å². The van der Waals surface area contributed by atoms with Crippen molar-refractivity contribution in [1.82, 2.24) is 25.7 Å². The first-order chi connectivity index (χ1) is 12.1. The van der Waals surface area contributed by atoms with E-state index in [1.807, 2.05) is 0 Å². The van der Waals surface area contributed by atoms with Gasteiger partial charge in [0.2, 0.25) is 5.01 Å². The highest BCUT2D eigenvalue weighted by Gasteiger charge is 2.25. The number of amides is 1. The molecule has 25 heavy (non-hydrogen) atoms. The number of nitrogens with one attached hydrogen (secondary N) is 2. The van der Waals surface area contributed by atoms with Gasteiger partial charge in [0.1, 0.15) is 5.01 Å². The second kappa shape index (κ2) is 8.68. The third-order valence-electron chi connectivity index (χ3n) is 4.89. The van der Waals surface area contributed by atoms with Crippen molar-refractivity contribution in [3.05, 3.63) is 10.0 Å². The minimum Gasteiger partial charge on any atom is -0.481 e. The zero-order chi connectivity index (χ0) is 17.6.